The Kier molecular flexibility index (Phi) is 7.42. The van der Waals surface area contributed by atoms with Gasteiger partial charge in [0.05, 0.1) is 12.2 Å². The summed E-state index contributed by atoms with van der Waals surface area (Å²) in [5.74, 6) is -0.295. The largest absolute Gasteiger partial charge is 0.462 e. The van der Waals surface area contributed by atoms with Gasteiger partial charge >= 0.3 is 5.97 Å². The lowest BCUT2D eigenvalue weighted by atomic mass is 10.1. The third-order valence-electron chi connectivity index (χ3n) is 3.11. The van der Waals surface area contributed by atoms with Crippen molar-refractivity contribution in [3.8, 4) is 0 Å². The molecule has 0 saturated carbocycles. The van der Waals surface area contributed by atoms with Gasteiger partial charge in [-0.3, -0.25) is 0 Å². The standard InChI is InChI=1S/C17H18BrNO2.ClH/c1-3-21-17(20)14-7-5-9-16(11-14)19-12(2)13-6-4-8-15(18)10-13;/h4-12,19H,3H2,1-2H3;1H/t12-;/m0./s1. The first-order valence-corrected chi connectivity index (χ1v) is 7.68. The van der Waals surface area contributed by atoms with Crippen LogP contribution >= 0.6 is 28.3 Å². The van der Waals surface area contributed by atoms with Crippen LogP contribution in [0.2, 0.25) is 0 Å². The molecule has 2 rings (SSSR count). The van der Waals surface area contributed by atoms with Crippen molar-refractivity contribution in [3.63, 3.8) is 0 Å². The van der Waals surface area contributed by atoms with E-state index in [4.69, 9.17) is 4.74 Å². The topological polar surface area (TPSA) is 38.3 Å². The number of anilines is 1. The van der Waals surface area contributed by atoms with Gasteiger partial charge in [0.1, 0.15) is 0 Å². The molecule has 0 aromatic heterocycles. The highest BCUT2D eigenvalue weighted by molar-refractivity contribution is 9.10. The van der Waals surface area contributed by atoms with Crippen LogP contribution in [0.3, 0.4) is 0 Å². The number of esters is 1. The second-order valence-electron chi connectivity index (χ2n) is 4.72. The monoisotopic (exact) mass is 383 g/mol. The van der Waals surface area contributed by atoms with E-state index in [1.165, 1.54) is 5.56 Å². The summed E-state index contributed by atoms with van der Waals surface area (Å²) in [6.07, 6.45) is 0. The fourth-order valence-electron chi connectivity index (χ4n) is 2.06. The van der Waals surface area contributed by atoms with E-state index in [1.807, 2.05) is 30.3 Å². The predicted molar refractivity (Wildman–Crippen MR) is 95.8 cm³/mol. The highest BCUT2D eigenvalue weighted by Gasteiger charge is 2.09. The number of halogens is 2. The summed E-state index contributed by atoms with van der Waals surface area (Å²) in [6, 6.07) is 15.6. The fourth-order valence-corrected chi connectivity index (χ4v) is 2.48. The highest BCUT2D eigenvalue weighted by Crippen LogP contribution is 2.22. The van der Waals surface area contributed by atoms with Gasteiger partial charge in [-0.25, -0.2) is 4.79 Å². The van der Waals surface area contributed by atoms with Crippen molar-refractivity contribution in [1.82, 2.24) is 0 Å². The molecule has 0 radical (unpaired) electrons. The number of rotatable bonds is 5. The second kappa shape index (κ2) is 8.81. The van der Waals surface area contributed by atoms with Gasteiger partial charge in [0.2, 0.25) is 0 Å². The lowest BCUT2D eigenvalue weighted by Gasteiger charge is -2.16. The molecule has 0 aliphatic carbocycles. The van der Waals surface area contributed by atoms with Gasteiger partial charge in [-0.05, 0) is 49.7 Å². The zero-order chi connectivity index (χ0) is 15.2. The van der Waals surface area contributed by atoms with E-state index in [1.54, 1.807) is 13.0 Å². The van der Waals surface area contributed by atoms with E-state index < -0.39 is 0 Å². The lowest BCUT2D eigenvalue weighted by molar-refractivity contribution is 0.0526. The molecule has 3 nitrogen and oxygen atoms in total. The van der Waals surface area contributed by atoms with Crippen LogP contribution in [-0.4, -0.2) is 12.6 Å². The van der Waals surface area contributed by atoms with Crippen LogP contribution in [0.15, 0.2) is 53.0 Å². The van der Waals surface area contributed by atoms with Crippen molar-refractivity contribution in [3.05, 3.63) is 64.1 Å². The summed E-state index contributed by atoms with van der Waals surface area (Å²) in [4.78, 5) is 11.7. The predicted octanol–water partition coefficient (Wildman–Crippen LogP) is 5.22. The number of nitrogens with one attached hydrogen (secondary N) is 1. The Morgan fingerprint density at radius 1 is 1.23 bits per heavy atom. The molecule has 1 atom stereocenters. The van der Waals surface area contributed by atoms with E-state index in [9.17, 15) is 4.79 Å². The molecule has 2 aromatic rings. The first kappa shape index (κ1) is 18.5. The number of carbonyl (C=O) groups excluding carboxylic acids is 1. The van der Waals surface area contributed by atoms with E-state index in [-0.39, 0.29) is 24.4 Å². The lowest BCUT2D eigenvalue weighted by Crippen LogP contribution is -2.08. The summed E-state index contributed by atoms with van der Waals surface area (Å²) in [5, 5.41) is 3.39. The summed E-state index contributed by atoms with van der Waals surface area (Å²) in [7, 11) is 0. The molecule has 0 aliphatic heterocycles. The Labute approximate surface area is 145 Å². The third-order valence-corrected chi connectivity index (χ3v) is 3.60. The maximum Gasteiger partial charge on any atom is 0.338 e. The quantitative estimate of drug-likeness (QED) is 0.718. The molecular formula is C17H19BrClNO2. The molecule has 0 bridgehead atoms. The first-order valence-electron chi connectivity index (χ1n) is 6.89. The summed E-state index contributed by atoms with van der Waals surface area (Å²) >= 11 is 3.47. The SMILES string of the molecule is CCOC(=O)c1cccc(N[C@@H](C)c2cccc(Br)c2)c1.Cl. The van der Waals surface area contributed by atoms with E-state index in [0.29, 0.717) is 12.2 Å². The Hall–Kier alpha value is -1.52. The Bertz CT molecular complexity index is 634. The molecule has 5 heteroatoms. The molecule has 118 valence electrons. The molecular weight excluding hydrogens is 366 g/mol. The number of carbonyl (C=O) groups is 1. The minimum absolute atomic E-state index is 0. The molecule has 0 spiro atoms. The maximum absolute atomic E-state index is 11.7. The van der Waals surface area contributed by atoms with Crippen LogP contribution in [0.1, 0.15) is 35.8 Å². The van der Waals surface area contributed by atoms with Gasteiger partial charge in [0.25, 0.3) is 0 Å². The van der Waals surface area contributed by atoms with E-state index in [2.05, 4.69) is 40.3 Å². The van der Waals surface area contributed by atoms with Crippen LogP contribution in [0.5, 0.6) is 0 Å². The van der Waals surface area contributed by atoms with Crippen LogP contribution < -0.4 is 5.32 Å². The fraction of sp³-hybridized carbons (Fsp3) is 0.235. The van der Waals surface area contributed by atoms with Gasteiger partial charge < -0.3 is 10.1 Å². The number of hydrogen-bond donors (Lipinski definition) is 1. The second-order valence-corrected chi connectivity index (χ2v) is 5.64. The highest BCUT2D eigenvalue weighted by atomic mass is 79.9. The third kappa shape index (κ3) is 5.04. The minimum Gasteiger partial charge on any atom is -0.462 e. The molecule has 0 saturated heterocycles. The van der Waals surface area contributed by atoms with Crippen LogP contribution in [-0.2, 0) is 4.74 Å². The van der Waals surface area contributed by atoms with Gasteiger partial charge in [0, 0.05) is 16.2 Å². The molecule has 1 N–H and O–H groups in total. The van der Waals surface area contributed by atoms with Crippen molar-refractivity contribution in [2.24, 2.45) is 0 Å². The maximum atomic E-state index is 11.7. The Balaban J connectivity index is 0.00000242. The molecule has 0 amide bonds. The molecule has 0 heterocycles. The molecule has 22 heavy (non-hydrogen) atoms. The van der Waals surface area contributed by atoms with Crippen LogP contribution in [0.4, 0.5) is 5.69 Å². The number of ether oxygens (including phenoxy) is 1. The van der Waals surface area contributed by atoms with E-state index >= 15 is 0 Å². The normalized spacial score (nSPS) is 11.2. The van der Waals surface area contributed by atoms with Crippen molar-refractivity contribution in [1.29, 1.82) is 0 Å². The molecule has 0 fully saturated rings. The van der Waals surface area contributed by atoms with Gasteiger partial charge in [-0.2, -0.15) is 0 Å². The van der Waals surface area contributed by atoms with Crippen molar-refractivity contribution < 1.29 is 9.53 Å². The molecule has 2 aromatic carbocycles. The van der Waals surface area contributed by atoms with Crippen LogP contribution in [0, 0.1) is 0 Å². The Morgan fingerprint density at radius 2 is 1.95 bits per heavy atom. The zero-order valence-electron chi connectivity index (χ0n) is 12.5. The van der Waals surface area contributed by atoms with Gasteiger partial charge in [-0.15, -0.1) is 12.4 Å². The first-order chi connectivity index (χ1) is 10.1. The summed E-state index contributed by atoms with van der Waals surface area (Å²) in [6.45, 7) is 4.26. The van der Waals surface area contributed by atoms with Crippen molar-refractivity contribution >= 4 is 40.0 Å². The van der Waals surface area contributed by atoms with Gasteiger partial charge in [0.15, 0.2) is 0 Å². The minimum atomic E-state index is -0.295. The molecule has 0 aliphatic rings. The smallest absolute Gasteiger partial charge is 0.338 e. The van der Waals surface area contributed by atoms with E-state index in [0.717, 1.165) is 10.2 Å². The van der Waals surface area contributed by atoms with Crippen LogP contribution in [0.25, 0.3) is 0 Å². The van der Waals surface area contributed by atoms with Crippen molar-refractivity contribution in [2.45, 2.75) is 19.9 Å². The number of hydrogen-bond acceptors (Lipinski definition) is 3. The summed E-state index contributed by atoms with van der Waals surface area (Å²) < 4.78 is 6.07. The van der Waals surface area contributed by atoms with Crippen molar-refractivity contribution in [2.75, 3.05) is 11.9 Å². The zero-order valence-corrected chi connectivity index (χ0v) is 14.9. The van der Waals surface area contributed by atoms with Gasteiger partial charge in [-0.1, -0.05) is 34.1 Å². The molecule has 0 unspecified atom stereocenters. The average Bonchev–Trinajstić information content (AvgIpc) is 2.48. The summed E-state index contributed by atoms with van der Waals surface area (Å²) in [5.41, 5.74) is 2.63. The number of benzene rings is 2. The Morgan fingerprint density at radius 3 is 2.64 bits per heavy atom. The average molecular weight is 385 g/mol.